The van der Waals surface area contributed by atoms with E-state index in [-0.39, 0.29) is 6.04 Å². The molecule has 3 rings (SSSR count). The molecule has 0 amide bonds. The van der Waals surface area contributed by atoms with Gasteiger partial charge < -0.3 is 10.2 Å². The van der Waals surface area contributed by atoms with E-state index in [1.165, 1.54) is 24.8 Å². The SMILES string of the molecule is CC[C@@H](Nc1cc(C)nc(N2CCCCC2)n1)c1cccnc1. The van der Waals surface area contributed by atoms with Crippen LogP contribution in [0, 0.1) is 6.92 Å². The highest BCUT2D eigenvalue weighted by Gasteiger charge is 2.16. The molecule has 1 saturated heterocycles. The monoisotopic (exact) mass is 311 g/mol. The van der Waals surface area contributed by atoms with Crippen molar-refractivity contribution in [2.45, 2.75) is 45.6 Å². The minimum Gasteiger partial charge on any atom is -0.363 e. The molecule has 1 aliphatic heterocycles. The molecule has 1 atom stereocenters. The standard InChI is InChI=1S/C18H25N5/c1-3-16(15-8-7-9-19-13-15)21-17-12-14(2)20-18(22-17)23-10-5-4-6-11-23/h7-9,12-13,16H,3-6,10-11H2,1-2H3,(H,20,21,22)/t16-/m1/s1. The van der Waals surface area contributed by atoms with Crippen molar-refractivity contribution in [1.82, 2.24) is 15.0 Å². The van der Waals surface area contributed by atoms with Crippen LogP contribution in [-0.2, 0) is 0 Å². The van der Waals surface area contributed by atoms with Crippen LogP contribution in [0.4, 0.5) is 11.8 Å². The van der Waals surface area contributed by atoms with E-state index in [4.69, 9.17) is 4.98 Å². The molecule has 2 aromatic rings. The van der Waals surface area contributed by atoms with Gasteiger partial charge in [0.05, 0.1) is 6.04 Å². The van der Waals surface area contributed by atoms with Crippen molar-refractivity contribution < 1.29 is 0 Å². The van der Waals surface area contributed by atoms with Crippen molar-refractivity contribution in [2.75, 3.05) is 23.3 Å². The second-order valence-electron chi connectivity index (χ2n) is 6.13. The molecule has 2 aromatic heterocycles. The van der Waals surface area contributed by atoms with Gasteiger partial charge in [-0.25, -0.2) is 4.98 Å². The smallest absolute Gasteiger partial charge is 0.227 e. The maximum atomic E-state index is 4.75. The molecule has 1 fully saturated rings. The van der Waals surface area contributed by atoms with E-state index in [1.807, 2.05) is 25.3 Å². The Hall–Kier alpha value is -2.17. The first kappa shape index (κ1) is 15.7. The van der Waals surface area contributed by atoms with E-state index in [9.17, 15) is 0 Å². The van der Waals surface area contributed by atoms with Crippen LogP contribution in [0.2, 0.25) is 0 Å². The molecule has 5 nitrogen and oxygen atoms in total. The lowest BCUT2D eigenvalue weighted by atomic mass is 10.1. The fraction of sp³-hybridized carbons (Fsp3) is 0.500. The predicted octanol–water partition coefficient (Wildman–Crippen LogP) is 3.73. The van der Waals surface area contributed by atoms with Crippen molar-refractivity contribution in [3.63, 3.8) is 0 Å². The number of piperidine rings is 1. The normalized spacial score (nSPS) is 16.2. The molecule has 0 aromatic carbocycles. The van der Waals surface area contributed by atoms with Gasteiger partial charge in [-0.05, 0) is 44.2 Å². The van der Waals surface area contributed by atoms with Gasteiger partial charge >= 0.3 is 0 Å². The summed E-state index contributed by atoms with van der Waals surface area (Å²) in [7, 11) is 0. The van der Waals surface area contributed by atoms with Crippen molar-refractivity contribution in [3.8, 4) is 0 Å². The van der Waals surface area contributed by atoms with Crippen LogP contribution in [0.5, 0.6) is 0 Å². The van der Waals surface area contributed by atoms with E-state index >= 15 is 0 Å². The van der Waals surface area contributed by atoms with E-state index in [0.717, 1.165) is 37.0 Å². The minimum atomic E-state index is 0.215. The molecule has 0 unspecified atom stereocenters. The van der Waals surface area contributed by atoms with Gasteiger partial charge in [0, 0.05) is 37.2 Å². The highest BCUT2D eigenvalue weighted by atomic mass is 15.3. The Morgan fingerprint density at radius 2 is 2.04 bits per heavy atom. The fourth-order valence-electron chi connectivity index (χ4n) is 3.04. The average Bonchev–Trinajstić information content (AvgIpc) is 2.61. The van der Waals surface area contributed by atoms with E-state index in [1.54, 1.807) is 6.20 Å². The van der Waals surface area contributed by atoms with Crippen LogP contribution in [0.15, 0.2) is 30.6 Å². The van der Waals surface area contributed by atoms with Gasteiger partial charge in [-0.1, -0.05) is 13.0 Å². The summed E-state index contributed by atoms with van der Waals surface area (Å²) in [5.41, 5.74) is 2.19. The third kappa shape index (κ3) is 3.97. The van der Waals surface area contributed by atoms with Crippen LogP contribution in [0.1, 0.15) is 49.9 Å². The lowest BCUT2D eigenvalue weighted by Gasteiger charge is -2.27. The maximum Gasteiger partial charge on any atom is 0.227 e. The quantitative estimate of drug-likeness (QED) is 0.911. The van der Waals surface area contributed by atoms with Crippen molar-refractivity contribution in [2.24, 2.45) is 0 Å². The lowest BCUT2D eigenvalue weighted by Crippen LogP contribution is -2.31. The summed E-state index contributed by atoms with van der Waals surface area (Å²) in [5.74, 6) is 1.75. The van der Waals surface area contributed by atoms with Gasteiger partial charge in [-0.3, -0.25) is 4.98 Å². The third-order valence-corrected chi connectivity index (χ3v) is 4.30. The van der Waals surface area contributed by atoms with Crippen LogP contribution in [0.3, 0.4) is 0 Å². The number of hydrogen-bond acceptors (Lipinski definition) is 5. The maximum absolute atomic E-state index is 4.75. The summed E-state index contributed by atoms with van der Waals surface area (Å²) in [4.78, 5) is 15.9. The number of aromatic nitrogens is 3. The van der Waals surface area contributed by atoms with Crippen LogP contribution < -0.4 is 10.2 Å². The summed E-state index contributed by atoms with van der Waals surface area (Å²) >= 11 is 0. The highest BCUT2D eigenvalue weighted by Crippen LogP contribution is 2.23. The molecule has 1 N–H and O–H groups in total. The minimum absolute atomic E-state index is 0.215. The number of anilines is 2. The number of rotatable bonds is 5. The summed E-state index contributed by atoms with van der Waals surface area (Å²) in [6.45, 7) is 6.32. The van der Waals surface area contributed by atoms with Crippen LogP contribution in [-0.4, -0.2) is 28.0 Å². The van der Waals surface area contributed by atoms with Gasteiger partial charge in [0.1, 0.15) is 5.82 Å². The second-order valence-corrected chi connectivity index (χ2v) is 6.13. The molecule has 0 aliphatic carbocycles. The first-order valence-electron chi connectivity index (χ1n) is 8.53. The molecule has 0 bridgehead atoms. The third-order valence-electron chi connectivity index (χ3n) is 4.30. The van der Waals surface area contributed by atoms with Crippen LogP contribution in [0.25, 0.3) is 0 Å². The Kier molecular flexibility index (Phi) is 5.05. The zero-order chi connectivity index (χ0) is 16.1. The fourth-order valence-corrected chi connectivity index (χ4v) is 3.04. The Labute approximate surface area is 138 Å². The number of pyridine rings is 1. The van der Waals surface area contributed by atoms with Gasteiger partial charge in [0.15, 0.2) is 0 Å². The zero-order valence-corrected chi connectivity index (χ0v) is 14.0. The topological polar surface area (TPSA) is 53.9 Å². The van der Waals surface area contributed by atoms with E-state index < -0.39 is 0 Å². The van der Waals surface area contributed by atoms with E-state index in [0.29, 0.717) is 0 Å². The Morgan fingerprint density at radius 3 is 2.74 bits per heavy atom. The Bertz CT molecular complexity index is 623. The molecular formula is C18H25N5. The summed E-state index contributed by atoms with van der Waals surface area (Å²) in [5, 5.41) is 3.55. The molecular weight excluding hydrogens is 286 g/mol. The van der Waals surface area contributed by atoms with Gasteiger partial charge in [0.2, 0.25) is 5.95 Å². The summed E-state index contributed by atoms with van der Waals surface area (Å²) < 4.78 is 0. The Morgan fingerprint density at radius 1 is 1.22 bits per heavy atom. The van der Waals surface area contributed by atoms with Gasteiger partial charge in [0.25, 0.3) is 0 Å². The number of nitrogens with zero attached hydrogens (tertiary/aromatic N) is 4. The first-order chi connectivity index (χ1) is 11.3. The zero-order valence-electron chi connectivity index (χ0n) is 14.0. The molecule has 23 heavy (non-hydrogen) atoms. The molecule has 122 valence electrons. The number of hydrogen-bond donors (Lipinski definition) is 1. The largest absolute Gasteiger partial charge is 0.363 e. The molecule has 0 spiro atoms. The van der Waals surface area contributed by atoms with Crippen LogP contribution >= 0.6 is 0 Å². The Balaban J connectivity index is 1.80. The van der Waals surface area contributed by atoms with Gasteiger partial charge in [-0.2, -0.15) is 4.98 Å². The van der Waals surface area contributed by atoms with Gasteiger partial charge in [-0.15, -0.1) is 0 Å². The molecule has 0 radical (unpaired) electrons. The lowest BCUT2D eigenvalue weighted by molar-refractivity contribution is 0.567. The number of aryl methyl sites for hydroxylation is 1. The summed E-state index contributed by atoms with van der Waals surface area (Å²) in [6.07, 6.45) is 8.47. The summed E-state index contributed by atoms with van der Waals surface area (Å²) in [6, 6.07) is 6.32. The van der Waals surface area contributed by atoms with Crippen molar-refractivity contribution in [1.29, 1.82) is 0 Å². The molecule has 1 aliphatic rings. The van der Waals surface area contributed by atoms with E-state index in [2.05, 4.69) is 33.2 Å². The molecule has 3 heterocycles. The molecule has 0 saturated carbocycles. The van der Waals surface area contributed by atoms with Crippen molar-refractivity contribution >= 4 is 11.8 Å². The highest BCUT2D eigenvalue weighted by molar-refractivity contribution is 5.45. The first-order valence-corrected chi connectivity index (χ1v) is 8.53. The second kappa shape index (κ2) is 7.40. The van der Waals surface area contributed by atoms with Crippen molar-refractivity contribution in [3.05, 3.63) is 41.9 Å². The average molecular weight is 311 g/mol. The molecule has 5 heteroatoms. The predicted molar refractivity (Wildman–Crippen MR) is 93.7 cm³/mol. The number of nitrogens with one attached hydrogen (secondary N) is 1.